The molecule has 0 aromatic heterocycles. The summed E-state index contributed by atoms with van der Waals surface area (Å²) in [6.45, 7) is 6.97. The molecule has 0 bridgehead atoms. The summed E-state index contributed by atoms with van der Waals surface area (Å²) in [4.78, 5) is 41.7. The average Bonchev–Trinajstić information content (AvgIpc) is 3.63. The second-order valence-corrected chi connectivity index (χ2v) is 10.6. The van der Waals surface area contributed by atoms with Crippen LogP contribution < -0.4 is 10.6 Å². The average molecular weight is 505 g/mol. The first kappa shape index (κ1) is 25.4. The zero-order valence-electron chi connectivity index (χ0n) is 21.4. The van der Waals surface area contributed by atoms with Crippen LogP contribution in [0.15, 0.2) is 54.6 Å². The van der Waals surface area contributed by atoms with E-state index in [-0.39, 0.29) is 29.7 Å². The number of hydrogen-bond donors (Lipinski definition) is 2. The van der Waals surface area contributed by atoms with Gasteiger partial charge in [0, 0.05) is 57.5 Å². The van der Waals surface area contributed by atoms with Gasteiger partial charge in [0.15, 0.2) is 0 Å². The maximum atomic E-state index is 13.1. The van der Waals surface area contributed by atoms with Crippen LogP contribution in [-0.2, 0) is 14.3 Å². The van der Waals surface area contributed by atoms with Crippen molar-refractivity contribution in [2.75, 3.05) is 51.3 Å². The summed E-state index contributed by atoms with van der Waals surface area (Å²) in [5.74, 6) is 0.824. The molecule has 8 heteroatoms. The van der Waals surface area contributed by atoms with E-state index in [0.29, 0.717) is 36.3 Å². The lowest BCUT2D eigenvalue weighted by molar-refractivity contribution is -0.125. The Balaban J connectivity index is 1.15. The van der Waals surface area contributed by atoms with Gasteiger partial charge in [-0.3, -0.25) is 14.4 Å². The summed E-state index contributed by atoms with van der Waals surface area (Å²) in [7, 11) is 0. The van der Waals surface area contributed by atoms with Crippen molar-refractivity contribution in [2.24, 2.45) is 17.8 Å². The number of rotatable bonds is 8. The van der Waals surface area contributed by atoms with E-state index in [2.05, 4.69) is 27.7 Å². The van der Waals surface area contributed by atoms with Crippen molar-refractivity contribution < 1.29 is 19.1 Å². The molecular weight excluding hydrogens is 468 g/mol. The van der Waals surface area contributed by atoms with E-state index in [0.717, 1.165) is 51.1 Å². The van der Waals surface area contributed by atoms with Gasteiger partial charge in [-0.15, -0.1) is 0 Å². The first-order chi connectivity index (χ1) is 18.0. The molecule has 0 saturated carbocycles. The van der Waals surface area contributed by atoms with Gasteiger partial charge < -0.3 is 25.2 Å². The third-order valence-electron chi connectivity index (χ3n) is 7.83. The molecule has 37 heavy (non-hydrogen) atoms. The van der Waals surface area contributed by atoms with Gasteiger partial charge in [-0.05, 0) is 48.4 Å². The van der Waals surface area contributed by atoms with E-state index < -0.39 is 0 Å². The molecule has 2 aromatic carbocycles. The zero-order valence-corrected chi connectivity index (χ0v) is 21.4. The number of hydrogen-bond acceptors (Lipinski definition) is 5. The second-order valence-electron chi connectivity index (χ2n) is 10.6. The summed E-state index contributed by atoms with van der Waals surface area (Å²) in [5, 5.41) is 6.03. The predicted molar refractivity (Wildman–Crippen MR) is 141 cm³/mol. The third kappa shape index (κ3) is 6.19. The zero-order chi connectivity index (χ0) is 25.8. The fraction of sp³-hybridized carbons (Fsp3) is 0.483. The molecular formula is C29H36N4O4. The topological polar surface area (TPSA) is 91.0 Å². The van der Waals surface area contributed by atoms with Gasteiger partial charge >= 0.3 is 0 Å². The van der Waals surface area contributed by atoms with E-state index in [1.54, 1.807) is 18.2 Å². The highest BCUT2D eigenvalue weighted by atomic mass is 16.5. The Morgan fingerprint density at radius 3 is 2.43 bits per heavy atom. The maximum Gasteiger partial charge on any atom is 0.253 e. The molecule has 3 aliphatic heterocycles. The van der Waals surface area contributed by atoms with Crippen molar-refractivity contribution in [3.8, 4) is 0 Å². The number of anilines is 1. The molecule has 3 unspecified atom stereocenters. The van der Waals surface area contributed by atoms with Crippen LogP contribution in [0.2, 0.25) is 0 Å². The minimum absolute atomic E-state index is 0.0240. The SMILES string of the molecule is CC(=O)Nc1cccc(C(=O)N2CC3CN(CCC(NC(=O)C4CCOC4)c4ccccc4)C[C@H]3C2)c1. The van der Waals surface area contributed by atoms with Crippen molar-refractivity contribution in [3.05, 3.63) is 65.7 Å². The molecule has 5 rings (SSSR count). The highest BCUT2D eigenvalue weighted by molar-refractivity contribution is 5.97. The van der Waals surface area contributed by atoms with Gasteiger partial charge in [-0.25, -0.2) is 0 Å². The van der Waals surface area contributed by atoms with Crippen molar-refractivity contribution in [2.45, 2.75) is 25.8 Å². The normalized spacial score (nSPS) is 24.0. The molecule has 2 aromatic rings. The van der Waals surface area contributed by atoms with E-state index in [1.165, 1.54) is 6.92 Å². The van der Waals surface area contributed by atoms with Gasteiger partial charge in [0.25, 0.3) is 5.91 Å². The molecule has 3 fully saturated rings. The summed E-state index contributed by atoms with van der Waals surface area (Å²) in [5.41, 5.74) is 2.38. The molecule has 0 spiro atoms. The van der Waals surface area contributed by atoms with Crippen LogP contribution in [0, 0.1) is 17.8 Å². The Bertz CT molecular complexity index is 1100. The number of carbonyl (C=O) groups excluding carboxylic acids is 3. The highest BCUT2D eigenvalue weighted by Gasteiger charge is 2.41. The number of likely N-dealkylation sites (tertiary alicyclic amines) is 2. The fourth-order valence-electron chi connectivity index (χ4n) is 5.90. The third-order valence-corrected chi connectivity index (χ3v) is 7.83. The molecule has 2 N–H and O–H groups in total. The minimum Gasteiger partial charge on any atom is -0.381 e. The van der Waals surface area contributed by atoms with E-state index in [1.807, 2.05) is 29.2 Å². The van der Waals surface area contributed by atoms with Gasteiger partial charge in [-0.2, -0.15) is 0 Å². The van der Waals surface area contributed by atoms with Crippen molar-refractivity contribution in [1.82, 2.24) is 15.1 Å². The fourth-order valence-corrected chi connectivity index (χ4v) is 5.90. The van der Waals surface area contributed by atoms with E-state index in [9.17, 15) is 14.4 Å². The standard InChI is InChI=1S/C29H36N4O4/c1-20(34)30-26-9-5-8-22(14-26)29(36)33-17-24-15-32(16-25(24)18-33)12-10-27(21-6-3-2-4-7-21)31-28(35)23-11-13-37-19-23/h2-9,14,23-25,27H,10-13,15-19H2,1H3,(H,30,34)(H,31,35)/t23?,24-,25?,27?/m0/s1. The quantitative estimate of drug-likeness (QED) is 0.577. The minimum atomic E-state index is -0.151. The van der Waals surface area contributed by atoms with E-state index >= 15 is 0 Å². The first-order valence-corrected chi connectivity index (χ1v) is 13.3. The molecule has 0 radical (unpaired) electrons. The Morgan fingerprint density at radius 2 is 1.76 bits per heavy atom. The van der Waals surface area contributed by atoms with Crippen LogP contribution in [0.5, 0.6) is 0 Å². The van der Waals surface area contributed by atoms with Gasteiger partial charge in [0.2, 0.25) is 11.8 Å². The predicted octanol–water partition coefficient (Wildman–Crippen LogP) is 2.93. The molecule has 196 valence electrons. The monoisotopic (exact) mass is 504 g/mol. The largest absolute Gasteiger partial charge is 0.381 e. The number of benzene rings is 2. The lowest BCUT2D eigenvalue weighted by atomic mass is 10.0. The lowest BCUT2D eigenvalue weighted by Crippen LogP contribution is -2.37. The highest BCUT2D eigenvalue weighted by Crippen LogP contribution is 2.33. The van der Waals surface area contributed by atoms with Crippen LogP contribution in [0.4, 0.5) is 5.69 Å². The van der Waals surface area contributed by atoms with Crippen LogP contribution >= 0.6 is 0 Å². The smallest absolute Gasteiger partial charge is 0.253 e. The Hall–Kier alpha value is -3.23. The van der Waals surface area contributed by atoms with Crippen LogP contribution in [0.3, 0.4) is 0 Å². The van der Waals surface area contributed by atoms with Crippen molar-refractivity contribution >= 4 is 23.4 Å². The molecule has 3 aliphatic rings. The lowest BCUT2D eigenvalue weighted by Gasteiger charge is -2.25. The van der Waals surface area contributed by atoms with E-state index in [4.69, 9.17) is 4.74 Å². The van der Waals surface area contributed by atoms with Crippen LogP contribution in [0.1, 0.15) is 41.7 Å². The summed E-state index contributed by atoms with van der Waals surface area (Å²) >= 11 is 0. The summed E-state index contributed by atoms with van der Waals surface area (Å²) < 4.78 is 5.41. The molecule has 3 amide bonds. The number of fused-ring (bicyclic) bond motifs is 1. The Morgan fingerprint density at radius 1 is 1.00 bits per heavy atom. The molecule has 3 saturated heterocycles. The van der Waals surface area contributed by atoms with Gasteiger partial charge in [0.05, 0.1) is 18.6 Å². The number of carbonyl (C=O) groups is 3. The number of nitrogens with zero attached hydrogens (tertiary/aromatic N) is 2. The molecule has 3 heterocycles. The van der Waals surface area contributed by atoms with Gasteiger partial charge in [0.1, 0.15) is 0 Å². The van der Waals surface area contributed by atoms with Crippen molar-refractivity contribution in [1.29, 1.82) is 0 Å². The molecule has 4 atom stereocenters. The number of nitrogens with one attached hydrogen (secondary N) is 2. The molecule has 0 aliphatic carbocycles. The Labute approximate surface area is 218 Å². The van der Waals surface area contributed by atoms with Crippen LogP contribution in [-0.4, -0.2) is 73.5 Å². The Kier molecular flexibility index (Phi) is 7.86. The number of amides is 3. The summed E-state index contributed by atoms with van der Waals surface area (Å²) in [6, 6.07) is 17.3. The maximum absolute atomic E-state index is 13.1. The first-order valence-electron chi connectivity index (χ1n) is 13.3. The van der Waals surface area contributed by atoms with Crippen molar-refractivity contribution in [3.63, 3.8) is 0 Å². The number of ether oxygens (including phenoxy) is 1. The summed E-state index contributed by atoms with van der Waals surface area (Å²) in [6.07, 6.45) is 1.64. The second kappa shape index (κ2) is 11.4. The van der Waals surface area contributed by atoms with Gasteiger partial charge in [-0.1, -0.05) is 36.4 Å². The molecule has 8 nitrogen and oxygen atoms in total. The van der Waals surface area contributed by atoms with Crippen LogP contribution in [0.25, 0.3) is 0 Å².